The van der Waals surface area contributed by atoms with Gasteiger partial charge in [0.2, 0.25) is 0 Å². The van der Waals surface area contributed by atoms with Crippen molar-refractivity contribution in [3.8, 4) is 0 Å². The number of aliphatic hydroxyl groups excluding tert-OH is 3. The Hall–Kier alpha value is -0.650. The van der Waals surface area contributed by atoms with E-state index < -0.39 is 12.1 Å². The Kier molecular flexibility index (Phi) is 5.60. The van der Waals surface area contributed by atoms with Gasteiger partial charge in [0.1, 0.15) is 0 Å². The van der Waals surface area contributed by atoms with Gasteiger partial charge in [0.15, 0.2) is 0 Å². The Labute approximate surface area is 181 Å². The first-order valence-electron chi connectivity index (χ1n) is 12.2. The highest BCUT2D eigenvalue weighted by Gasteiger charge is 2.68. The molecule has 4 rings (SSSR count). The molecule has 4 N–H and O–H groups in total. The monoisotopic (exact) mass is 422 g/mol. The van der Waals surface area contributed by atoms with Gasteiger partial charge in [-0.2, -0.15) is 0 Å². The summed E-state index contributed by atoms with van der Waals surface area (Å²) in [5.41, 5.74) is -0.310. The Morgan fingerprint density at radius 2 is 1.73 bits per heavy atom. The van der Waals surface area contributed by atoms with Crippen LogP contribution in [0.2, 0.25) is 0 Å². The van der Waals surface area contributed by atoms with Crippen LogP contribution >= 0.6 is 0 Å². The highest BCUT2D eigenvalue weighted by molar-refractivity contribution is 5.66. The lowest BCUT2D eigenvalue weighted by atomic mass is 9.39. The zero-order valence-corrected chi connectivity index (χ0v) is 19.2. The standard InChI is InChI=1S/C25H42O5/c1-14(5-8-21(29)30)16-6-7-17-22-18(11-20(28)25(16,17)4)24(3)10-9-15(26)12-23(24,2)13-19(22)27/h14-20,22,26-28H,5-13H2,1-4H3,(H,29,30)/t14-,15-,16?,17+,18+,19-,20+,22?,23?,24?,25?/m1/s1. The maximum Gasteiger partial charge on any atom is 0.303 e. The molecular formula is C25H42O5. The number of hydrogen-bond donors (Lipinski definition) is 4. The van der Waals surface area contributed by atoms with E-state index in [1.54, 1.807) is 0 Å². The highest BCUT2D eigenvalue weighted by Crippen LogP contribution is 2.71. The molecule has 4 saturated carbocycles. The fraction of sp³-hybridized carbons (Fsp3) is 0.960. The lowest BCUT2D eigenvalue weighted by Crippen LogP contribution is -2.65. The number of carboxylic acid groups (broad SMARTS) is 1. The van der Waals surface area contributed by atoms with E-state index in [-0.39, 0.29) is 58.5 Å². The number of carbonyl (C=O) groups is 1. The molecule has 30 heavy (non-hydrogen) atoms. The molecule has 11 atom stereocenters. The average molecular weight is 423 g/mol. The summed E-state index contributed by atoms with van der Waals surface area (Å²) in [6.07, 6.45) is 5.78. The van der Waals surface area contributed by atoms with Crippen molar-refractivity contribution < 1.29 is 25.2 Å². The fourth-order valence-electron chi connectivity index (χ4n) is 9.13. The predicted molar refractivity (Wildman–Crippen MR) is 115 cm³/mol. The van der Waals surface area contributed by atoms with Crippen molar-refractivity contribution in [2.75, 3.05) is 0 Å². The Bertz CT molecular complexity index is 680. The van der Waals surface area contributed by atoms with Gasteiger partial charge in [-0.25, -0.2) is 0 Å². The van der Waals surface area contributed by atoms with Gasteiger partial charge in [0, 0.05) is 6.42 Å². The maximum absolute atomic E-state index is 11.6. The van der Waals surface area contributed by atoms with Gasteiger partial charge >= 0.3 is 5.97 Å². The summed E-state index contributed by atoms with van der Waals surface area (Å²) in [7, 11) is 0. The molecule has 0 spiro atoms. The van der Waals surface area contributed by atoms with Crippen LogP contribution in [-0.4, -0.2) is 44.7 Å². The van der Waals surface area contributed by atoms with E-state index in [4.69, 9.17) is 5.11 Å². The normalized spacial score (nSPS) is 54.0. The van der Waals surface area contributed by atoms with E-state index >= 15 is 0 Å². The van der Waals surface area contributed by atoms with Crippen LogP contribution in [0, 0.1) is 45.8 Å². The first-order valence-corrected chi connectivity index (χ1v) is 12.2. The number of fused-ring (bicyclic) bond motifs is 5. The highest BCUT2D eigenvalue weighted by atomic mass is 16.4. The number of hydrogen-bond acceptors (Lipinski definition) is 4. The van der Waals surface area contributed by atoms with Gasteiger partial charge < -0.3 is 20.4 Å². The van der Waals surface area contributed by atoms with Crippen LogP contribution < -0.4 is 0 Å². The van der Waals surface area contributed by atoms with Gasteiger partial charge in [-0.15, -0.1) is 0 Å². The van der Waals surface area contributed by atoms with Gasteiger partial charge in [-0.1, -0.05) is 27.7 Å². The largest absolute Gasteiger partial charge is 0.481 e. The van der Waals surface area contributed by atoms with E-state index in [2.05, 4.69) is 27.7 Å². The smallest absolute Gasteiger partial charge is 0.303 e. The minimum Gasteiger partial charge on any atom is -0.481 e. The van der Waals surface area contributed by atoms with Crippen molar-refractivity contribution in [1.82, 2.24) is 0 Å². The minimum atomic E-state index is -0.750. The van der Waals surface area contributed by atoms with Gasteiger partial charge in [0.05, 0.1) is 18.3 Å². The van der Waals surface area contributed by atoms with Crippen molar-refractivity contribution in [2.24, 2.45) is 45.8 Å². The van der Waals surface area contributed by atoms with Crippen LogP contribution in [0.5, 0.6) is 0 Å². The second-order valence-corrected chi connectivity index (χ2v) is 12.1. The van der Waals surface area contributed by atoms with Crippen molar-refractivity contribution in [2.45, 2.75) is 104 Å². The summed E-state index contributed by atoms with van der Waals surface area (Å²) in [6.45, 7) is 8.99. The van der Waals surface area contributed by atoms with E-state index in [0.717, 1.165) is 44.9 Å². The molecule has 0 heterocycles. The summed E-state index contributed by atoms with van der Waals surface area (Å²) in [4.78, 5) is 11.1. The van der Waals surface area contributed by atoms with E-state index in [0.29, 0.717) is 12.3 Å². The van der Waals surface area contributed by atoms with Crippen molar-refractivity contribution in [3.63, 3.8) is 0 Å². The molecule has 172 valence electrons. The van der Waals surface area contributed by atoms with Crippen molar-refractivity contribution in [3.05, 3.63) is 0 Å². The Morgan fingerprint density at radius 3 is 2.40 bits per heavy atom. The average Bonchev–Trinajstić information content (AvgIpc) is 3.00. The summed E-state index contributed by atoms with van der Waals surface area (Å²) in [5.74, 6) is 0.572. The predicted octanol–water partition coefficient (Wildman–Crippen LogP) is 3.84. The van der Waals surface area contributed by atoms with Crippen LogP contribution in [-0.2, 0) is 4.79 Å². The molecule has 4 fully saturated rings. The zero-order chi connectivity index (χ0) is 22.1. The second kappa shape index (κ2) is 7.45. The lowest BCUT2D eigenvalue weighted by molar-refractivity contribution is -0.233. The van der Waals surface area contributed by atoms with Gasteiger partial charge in [-0.05, 0) is 97.2 Å². The Morgan fingerprint density at radius 1 is 1.03 bits per heavy atom. The fourth-order valence-corrected chi connectivity index (χ4v) is 9.13. The summed E-state index contributed by atoms with van der Waals surface area (Å²) < 4.78 is 0. The first-order chi connectivity index (χ1) is 13.9. The first kappa shape index (κ1) is 22.5. The molecule has 0 aromatic carbocycles. The number of aliphatic hydroxyl groups is 3. The van der Waals surface area contributed by atoms with Gasteiger partial charge in [0.25, 0.3) is 0 Å². The van der Waals surface area contributed by atoms with E-state index in [1.807, 2.05) is 0 Å². The number of rotatable bonds is 4. The maximum atomic E-state index is 11.6. The topological polar surface area (TPSA) is 98.0 Å². The van der Waals surface area contributed by atoms with Crippen LogP contribution in [0.1, 0.15) is 85.5 Å². The molecule has 4 aliphatic rings. The zero-order valence-electron chi connectivity index (χ0n) is 19.2. The van der Waals surface area contributed by atoms with Gasteiger partial charge in [-0.3, -0.25) is 4.79 Å². The van der Waals surface area contributed by atoms with Crippen molar-refractivity contribution in [1.29, 1.82) is 0 Å². The molecular weight excluding hydrogens is 380 g/mol. The summed E-state index contributed by atoms with van der Waals surface area (Å²) >= 11 is 0. The molecule has 5 nitrogen and oxygen atoms in total. The van der Waals surface area contributed by atoms with E-state index in [1.165, 1.54) is 0 Å². The van der Waals surface area contributed by atoms with E-state index in [9.17, 15) is 20.1 Å². The third kappa shape index (κ3) is 3.09. The lowest BCUT2D eigenvalue weighted by Gasteiger charge is -2.67. The number of carboxylic acids is 1. The molecule has 4 aliphatic carbocycles. The van der Waals surface area contributed by atoms with Crippen LogP contribution in [0.25, 0.3) is 0 Å². The van der Waals surface area contributed by atoms with Crippen LogP contribution in [0.3, 0.4) is 0 Å². The molecule has 0 aromatic heterocycles. The quantitative estimate of drug-likeness (QED) is 0.552. The molecule has 0 saturated heterocycles. The van der Waals surface area contributed by atoms with Crippen LogP contribution in [0.4, 0.5) is 0 Å². The number of aliphatic carboxylic acids is 1. The summed E-state index contributed by atoms with van der Waals surface area (Å²) in [6, 6.07) is 0. The second-order valence-electron chi connectivity index (χ2n) is 12.1. The Balaban J connectivity index is 1.64. The summed E-state index contributed by atoms with van der Waals surface area (Å²) in [5, 5.41) is 42.5. The SMILES string of the molecule is C[C@H](CCC(=O)O)C1CC[C@H]2C3[C@H](O)CC4(C)C[C@H](O)CCC4(C)[C@H]3C[C@H](O)C12C. The molecule has 0 bridgehead atoms. The van der Waals surface area contributed by atoms with Crippen LogP contribution in [0.15, 0.2) is 0 Å². The molecule has 0 radical (unpaired) electrons. The van der Waals surface area contributed by atoms with Crippen molar-refractivity contribution >= 4 is 5.97 Å². The molecule has 0 aliphatic heterocycles. The third-order valence-corrected chi connectivity index (χ3v) is 11.0. The minimum absolute atomic E-state index is 0.0332. The molecule has 5 unspecified atom stereocenters. The molecule has 0 amide bonds. The molecule has 0 aromatic rings. The third-order valence-electron chi connectivity index (χ3n) is 11.0. The molecule has 5 heteroatoms.